The molecule has 0 saturated heterocycles. The van der Waals surface area contributed by atoms with Crippen LogP contribution in [0, 0.1) is 5.92 Å². The van der Waals surface area contributed by atoms with Gasteiger partial charge in [-0.05, 0) is 12.8 Å². The molecule has 0 bridgehead atoms. The molecule has 16 heavy (non-hydrogen) atoms. The maximum Gasteiger partial charge on any atom is 0.315 e. The fourth-order valence-corrected chi connectivity index (χ4v) is 1.04. The second-order valence-corrected chi connectivity index (χ2v) is 3.91. The summed E-state index contributed by atoms with van der Waals surface area (Å²) in [6.45, 7) is 5.30. The highest BCUT2D eigenvalue weighted by Crippen LogP contribution is 2.15. The molecule has 0 aliphatic rings. The van der Waals surface area contributed by atoms with Crippen molar-refractivity contribution >= 4 is 17.7 Å². The Morgan fingerprint density at radius 2 is 2.06 bits per heavy atom. The van der Waals surface area contributed by atoms with Gasteiger partial charge in [-0.25, -0.2) is 0 Å². The number of aliphatic carboxylic acids is 1. The summed E-state index contributed by atoms with van der Waals surface area (Å²) in [5, 5.41) is 17.7. The Morgan fingerprint density at radius 1 is 1.44 bits per heavy atom. The molecule has 1 amide bonds. The van der Waals surface area contributed by atoms with Crippen LogP contribution in [0.3, 0.4) is 0 Å². The van der Waals surface area contributed by atoms with Crippen molar-refractivity contribution in [1.29, 1.82) is 0 Å². The predicted octanol–water partition coefficient (Wildman–Crippen LogP) is 1.19. The number of nitrogens with zero attached hydrogens (tertiary/aromatic N) is 1. The molecular formula is C10H15N3O3. The molecule has 1 rings (SSSR count). The van der Waals surface area contributed by atoms with Crippen LogP contribution in [0.1, 0.15) is 32.4 Å². The van der Waals surface area contributed by atoms with Gasteiger partial charge in [0.1, 0.15) is 5.92 Å². The standard InChI is InChI=1S/C10H15N3O3/c1-5(2)7-4-8(13-12-7)11-9(14)6(3)10(15)16/h4-6H,1-3H3,(H,15,16)(H2,11,12,13,14). The predicted molar refractivity (Wildman–Crippen MR) is 58.1 cm³/mol. The van der Waals surface area contributed by atoms with Crippen LogP contribution in [-0.4, -0.2) is 27.2 Å². The third kappa shape index (κ3) is 2.82. The van der Waals surface area contributed by atoms with E-state index in [-0.39, 0.29) is 5.92 Å². The number of nitrogens with one attached hydrogen (secondary N) is 2. The van der Waals surface area contributed by atoms with E-state index in [0.29, 0.717) is 5.82 Å². The highest BCUT2D eigenvalue weighted by Gasteiger charge is 2.21. The molecule has 1 unspecified atom stereocenters. The number of carboxylic acids is 1. The fourth-order valence-electron chi connectivity index (χ4n) is 1.04. The van der Waals surface area contributed by atoms with E-state index in [1.54, 1.807) is 6.07 Å². The largest absolute Gasteiger partial charge is 0.481 e. The summed E-state index contributed by atoms with van der Waals surface area (Å²) in [5.74, 6) is -2.19. The second kappa shape index (κ2) is 4.78. The Hall–Kier alpha value is -1.85. The van der Waals surface area contributed by atoms with E-state index in [1.165, 1.54) is 6.92 Å². The molecule has 1 heterocycles. The molecule has 6 nitrogen and oxygen atoms in total. The van der Waals surface area contributed by atoms with Gasteiger partial charge >= 0.3 is 5.97 Å². The number of amides is 1. The second-order valence-electron chi connectivity index (χ2n) is 3.91. The molecule has 0 spiro atoms. The van der Waals surface area contributed by atoms with E-state index in [1.807, 2.05) is 13.8 Å². The van der Waals surface area contributed by atoms with Crippen molar-refractivity contribution in [2.45, 2.75) is 26.7 Å². The maximum atomic E-state index is 11.4. The number of aromatic amines is 1. The van der Waals surface area contributed by atoms with Gasteiger partial charge in [0.25, 0.3) is 0 Å². The molecule has 6 heteroatoms. The van der Waals surface area contributed by atoms with Crippen molar-refractivity contribution in [2.24, 2.45) is 5.92 Å². The van der Waals surface area contributed by atoms with E-state index in [9.17, 15) is 9.59 Å². The number of hydrogen-bond acceptors (Lipinski definition) is 3. The first kappa shape index (κ1) is 12.2. The normalized spacial score (nSPS) is 12.5. The number of carbonyl (C=O) groups excluding carboxylic acids is 1. The van der Waals surface area contributed by atoms with Crippen LogP contribution in [-0.2, 0) is 9.59 Å². The lowest BCUT2D eigenvalue weighted by Gasteiger charge is -2.04. The molecule has 0 aromatic carbocycles. The van der Waals surface area contributed by atoms with Crippen LogP contribution < -0.4 is 5.32 Å². The van der Waals surface area contributed by atoms with Gasteiger partial charge in [-0.3, -0.25) is 14.7 Å². The minimum absolute atomic E-state index is 0.273. The van der Waals surface area contributed by atoms with Crippen molar-refractivity contribution < 1.29 is 14.7 Å². The summed E-state index contributed by atoms with van der Waals surface area (Å²) in [6, 6.07) is 1.69. The topological polar surface area (TPSA) is 95.1 Å². The van der Waals surface area contributed by atoms with E-state index in [0.717, 1.165) is 5.69 Å². The Labute approximate surface area is 93.1 Å². The van der Waals surface area contributed by atoms with Gasteiger partial charge in [0, 0.05) is 11.8 Å². The van der Waals surface area contributed by atoms with Crippen LogP contribution in [0.25, 0.3) is 0 Å². The lowest BCUT2D eigenvalue weighted by Crippen LogP contribution is -2.26. The van der Waals surface area contributed by atoms with Gasteiger partial charge in [-0.15, -0.1) is 0 Å². The smallest absolute Gasteiger partial charge is 0.315 e. The molecule has 1 aromatic rings. The van der Waals surface area contributed by atoms with Crippen LogP contribution >= 0.6 is 0 Å². The van der Waals surface area contributed by atoms with Crippen LogP contribution in [0.4, 0.5) is 5.82 Å². The molecule has 1 aromatic heterocycles. The Kier molecular flexibility index (Phi) is 3.65. The molecular weight excluding hydrogens is 210 g/mol. The Bertz CT molecular complexity index is 398. The first-order valence-electron chi connectivity index (χ1n) is 5.00. The number of rotatable bonds is 4. The molecule has 0 aliphatic heterocycles. The van der Waals surface area contributed by atoms with E-state index in [2.05, 4.69) is 15.5 Å². The lowest BCUT2D eigenvalue weighted by molar-refractivity contribution is -0.144. The average molecular weight is 225 g/mol. The number of carboxylic acid groups (broad SMARTS) is 1. The first-order valence-corrected chi connectivity index (χ1v) is 5.00. The number of anilines is 1. The van der Waals surface area contributed by atoms with Gasteiger partial charge < -0.3 is 10.4 Å². The van der Waals surface area contributed by atoms with Gasteiger partial charge in [0.2, 0.25) is 5.91 Å². The minimum atomic E-state index is -1.16. The van der Waals surface area contributed by atoms with Gasteiger partial charge in [0.15, 0.2) is 5.82 Å². The Morgan fingerprint density at radius 3 is 2.50 bits per heavy atom. The SMILES string of the molecule is CC(C(=O)O)C(=O)Nc1cc(C(C)C)[nH]n1. The van der Waals surface area contributed by atoms with Crippen LogP contribution in [0.5, 0.6) is 0 Å². The summed E-state index contributed by atoms with van der Waals surface area (Å²) in [4.78, 5) is 21.9. The number of H-pyrrole nitrogens is 1. The number of aromatic nitrogens is 2. The third-order valence-corrected chi connectivity index (χ3v) is 2.23. The van der Waals surface area contributed by atoms with Crippen LogP contribution in [0.15, 0.2) is 6.07 Å². The average Bonchev–Trinajstić information content (AvgIpc) is 2.64. The molecule has 1 atom stereocenters. The van der Waals surface area contributed by atoms with Gasteiger partial charge in [-0.2, -0.15) is 5.10 Å². The van der Waals surface area contributed by atoms with E-state index in [4.69, 9.17) is 5.11 Å². The molecule has 0 aliphatic carbocycles. The van der Waals surface area contributed by atoms with E-state index < -0.39 is 17.8 Å². The lowest BCUT2D eigenvalue weighted by atomic mass is 10.1. The van der Waals surface area contributed by atoms with Crippen molar-refractivity contribution in [3.8, 4) is 0 Å². The third-order valence-electron chi connectivity index (χ3n) is 2.23. The van der Waals surface area contributed by atoms with Crippen molar-refractivity contribution in [3.63, 3.8) is 0 Å². The minimum Gasteiger partial charge on any atom is -0.481 e. The first-order chi connectivity index (χ1) is 7.41. The molecule has 0 saturated carbocycles. The van der Waals surface area contributed by atoms with Crippen molar-refractivity contribution in [2.75, 3.05) is 5.32 Å². The zero-order valence-corrected chi connectivity index (χ0v) is 9.44. The molecule has 0 fully saturated rings. The summed E-state index contributed by atoms with van der Waals surface area (Å²) in [5.41, 5.74) is 0.887. The zero-order valence-electron chi connectivity index (χ0n) is 9.44. The summed E-state index contributed by atoms with van der Waals surface area (Å²) >= 11 is 0. The molecule has 0 radical (unpaired) electrons. The summed E-state index contributed by atoms with van der Waals surface area (Å²) in [7, 11) is 0. The zero-order chi connectivity index (χ0) is 12.3. The molecule has 88 valence electrons. The fraction of sp³-hybridized carbons (Fsp3) is 0.500. The Balaban J connectivity index is 2.66. The molecule has 3 N–H and O–H groups in total. The maximum absolute atomic E-state index is 11.4. The van der Waals surface area contributed by atoms with Crippen molar-refractivity contribution in [1.82, 2.24) is 10.2 Å². The monoisotopic (exact) mass is 225 g/mol. The van der Waals surface area contributed by atoms with E-state index >= 15 is 0 Å². The number of carbonyl (C=O) groups is 2. The number of hydrogen-bond donors (Lipinski definition) is 3. The summed E-state index contributed by atoms with van der Waals surface area (Å²) < 4.78 is 0. The quantitative estimate of drug-likeness (QED) is 0.671. The van der Waals surface area contributed by atoms with Gasteiger partial charge in [-0.1, -0.05) is 13.8 Å². The highest BCUT2D eigenvalue weighted by atomic mass is 16.4. The van der Waals surface area contributed by atoms with Crippen LogP contribution in [0.2, 0.25) is 0 Å². The summed E-state index contributed by atoms with van der Waals surface area (Å²) in [6.07, 6.45) is 0. The van der Waals surface area contributed by atoms with Crippen molar-refractivity contribution in [3.05, 3.63) is 11.8 Å². The van der Waals surface area contributed by atoms with Gasteiger partial charge in [0.05, 0.1) is 0 Å². The highest BCUT2D eigenvalue weighted by molar-refractivity contribution is 6.03.